The molecular formula is C15H11N3. The molecule has 1 aromatic heterocycles. The Morgan fingerprint density at radius 1 is 0.944 bits per heavy atom. The normalized spacial score (nSPS) is 12.2. The number of hydrogen-bond donors (Lipinski definition) is 0. The van der Waals surface area contributed by atoms with Crippen LogP contribution in [0.3, 0.4) is 0 Å². The smallest absolute Gasteiger partial charge is 0.138 e. The highest BCUT2D eigenvalue weighted by Gasteiger charge is 2.21. The number of benzene rings is 2. The van der Waals surface area contributed by atoms with Gasteiger partial charge in [0.15, 0.2) is 0 Å². The van der Waals surface area contributed by atoms with Crippen molar-refractivity contribution in [2.75, 3.05) is 0 Å². The van der Waals surface area contributed by atoms with E-state index < -0.39 is 0 Å². The van der Waals surface area contributed by atoms with Gasteiger partial charge in [-0.3, -0.25) is 0 Å². The number of rotatable bonds is 1. The molecule has 0 saturated heterocycles. The Balaban J connectivity index is 1.97. The van der Waals surface area contributed by atoms with Crippen molar-refractivity contribution in [2.24, 2.45) is 0 Å². The van der Waals surface area contributed by atoms with Crippen LogP contribution in [0.25, 0.3) is 16.8 Å². The molecule has 0 radical (unpaired) electrons. The number of hydrogen-bond acceptors (Lipinski definition) is 2. The van der Waals surface area contributed by atoms with E-state index >= 15 is 0 Å². The second-order valence-corrected chi connectivity index (χ2v) is 4.48. The van der Waals surface area contributed by atoms with Crippen molar-refractivity contribution in [3.8, 4) is 16.8 Å². The average Bonchev–Trinajstić information content (AvgIpc) is 3.05. The lowest BCUT2D eigenvalue weighted by molar-refractivity contribution is 0.868. The van der Waals surface area contributed by atoms with Crippen LogP contribution < -0.4 is 0 Å². The van der Waals surface area contributed by atoms with Crippen LogP contribution in [0.2, 0.25) is 0 Å². The molecule has 86 valence electrons. The lowest BCUT2D eigenvalue weighted by atomic mass is 10.1. The highest BCUT2D eigenvalue weighted by Crippen LogP contribution is 2.38. The average molecular weight is 233 g/mol. The Labute approximate surface area is 105 Å². The molecule has 0 bridgehead atoms. The van der Waals surface area contributed by atoms with Crippen molar-refractivity contribution in [3.63, 3.8) is 0 Å². The summed E-state index contributed by atoms with van der Waals surface area (Å²) in [4.78, 5) is 4.03. The molecule has 0 amide bonds. The van der Waals surface area contributed by atoms with E-state index in [9.17, 15) is 0 Å². The summed E-state index contributed by atoms with van der Waals surface area (Å²) in [6, 6.07) is 14.9. The molecule has 1 aliphatic rings. The van der Waals surface area contributed by atoms with Gasteiger partial charge in [0.05, 0.1) is 5.69 Å². The zero-order valence-corrected chi connectivity index (χ0v) is 9.74. The third kappa shape index (κ3) is 1.24. The molecule has 4 rings (SSSR count). The maximum absolute atomic E-state index is 4.23. The van der Waals surface area contributed by atoms with Crippen molar-refractivity contribution in [1.82, 2.24) is 14.8 Å². The van der Waals surface area contributed by atoms with Crippen LogP contribution in [-0.2, 0) is 6.42 Å². The number of fused-ring (bicyclic) bond motifs is 3. The van der Waals surface area contributed by atoms with Gasteiger partial charge in [-0.2, -0.15) is 5.10 Å². The van der Waals surface area contributed by atoms with Crippen LogP contribution in [0.5, 0.6) is 0 Å². The summed E-state index contributed by atoms with van der Waals surface area (Å²) in [5.74, 6) is 0. The molecule has 0 atom stereocenters. The standard InChI is InChI=1S/C15H11N3/c1-2-5-12-11(4-1)8-14-13(12)6-3-7-15(14)18-10-16-9-17-18/h1-7,9-10H,8H2. The van der Waals surface area contributed by atoms with Crippen molar-refractivity contribution in [3.05, 3.63) is 66.2 Å². The molecular weight excluding hydrogens is 222 g/mol. The third-order valence-electron chi connectivity index (χ3n) is 3.49. The van der Waals surface area contributed by atoms with Crippen LogP contribution in [0.1, 0.15) is 11.1 Å². The van der Waals surface area contributed by atoms with E-state index in [-0.39, 0.29) is 0 Å². The van der Waals surface area contributed by atoms with Crippen LogP contribution >= 0.6 is 0 Å². The summed E-state index contributed by atoms with van der Waals surface area (Å²) in [5.41, 5.74) is 6.51. The highest BCUT2D eigenvalue weighted by atomic mass is 15.3. The Hall–Kier alpha value is -2.42. The molecule has 3 aromatic rings. The molecule has 1 heterocycles. The van der Waals surface area contributed by atoms with E-state index in [4.69, 9.17) is 0 Å². The first kappa shape index (κ1) is 9.59. The molecule has 0 unspecified atom stereocenters. The number of aromatic nitrogens is 3. The summed E-state index contributed by atoms with van der Waals surface area (Å²) in [6.07, 6.45) is 4.29. The van der Waals surface area contributed by atoms with Gasteiger partial charge in [-0.25, -0.2) is 9.67 Å². The zero-order valence-electron chi connectivity index (χ0n) is 9.74. The molecule has 0 N–H and O–H groups in total. The van der Waals surface area contributed by atoms with E-state index in [1.807, 2.05) is 4.68 Å². The fourth-order valence-electron chi connectivity index (χ4n) is 2.69. The predicted molar refractivity (Wildman–Crippen MR) is 69.6 cm³/mol. The van der Waals surface area contributed by atoms with Crippen LogP contribution in [0.4, 0.5) is 0 Å². The Morgan fingerprint density at radius 3 is 2.72 bits per heavy atom. The van der Waals surface area contributed by atoms with Crippen molar-refractivity contribution in [2.45, 2.75) is 6.42 Å². The molecule has 0 spiro atoms. The van der Waals surface area contributed by atoms with Crippen LogP contribution in [-0.4, -0.2) is 14.8 Å². The maximum Gasteiger partial charge on any atom is 0.138 e. The molecule has 0 aliphatic heterocycles. The first-order chi connectivity index (χ1) is 8.93. The van der Waals surface area contributed by atoms with Gasteiger partial charge in [-0.1, -0.05) is 36.4 Å². The predicted octanol–water partition coefficient (Wildman–Crippen LogP) is 2.84. The zero-order chi connectivity index (χ0) is 11.9. The Bertz CT molecular complexity index is 714. The minimum Gasteiger partial charge on any atom is -0.223 e. The summed E-state index contributed by atoms with van der Waals surface area (Å²) in [5, 5.41) is 4.23. The van der Waals surface area contributed by atoms with E-state index in [0.29, 0.717) is 0 Å². The maximum atomic E-state index is 4.23. The Morgan fingerprint density at radius 2 is 1.83 bits per heavy atom. The molecule has 0 saturated carbocycles. The topological polar surface area (TPSA) is 30.7 Å². The second-order valence-electron chi connectivity index (χ2n) is 4.48. The third-order valence-corrected chi connectivity index (χ3v) is 3.49. The first-order valence-corrected chi connectivity index (χ1v) is 5.98. The molecule has 3 heteroatoms. The van der Waals surface area contributed by atoms with Crippen molar-refractivity contribution < 1.29 is 0 Å². The van der Waals surface area contributed by atoms with Crippen molar-refractivity contribution >= 4 is 0 Å². The minimum atomic E-state index is 0.974. The van der Waals surface area contributed by atoms with Gasteiger partial charge in [0, 0.05) is 6.42 Å². The first-order valence-electron chi connectivity index (χ1n) is 5.98. The van der Waals surface area contributed by atoms with E-state index in [1.165, 1.54) is 22.3 Å². The Kier molecular flexibility index (Phi) is 1.88. The minimum absolute atomic E-state index is 0.974. The fourth-order valence-corrected chi connectivity index (χ4v) is 2.69. The van der Waals surface area contributed by atoms with E-state index in [0.717, 1.165) is 12.1 Å². The SMILES string of the molecule is c1ccc2c(c1)Cc1c-2cccc1-n1cncn1. The lowest BCUT2D eigenvalue weighted by Crippen LogP contribution is -1.99. The lowest BCUT2D eigenvalue weighted by Gasteiger charge is -2.07. The van der Waals surface area contributed by atoms with Gasteiger partial charge in [0.1, 0.15) is 12.7 Å². The van der Waals surface area contributed by atoms with Gasteiger partial charge in [-0.05, 0) is 28.3 Å². The molecule has 18 heavy (non-hydrogen) atoms. The quantitative estimate of drug-likeness (QED) is 0.506. The fraction of sp³-hybridized carbons (Fsp3) is 0.0667. The number of nitrogens with zero attached hydrogens (tertiary/aromatic N) is 3. The van der Waals surface area contributed by atoms with E-state index in [1.54, 1.807) is 12.7 Å². The van der Waals surface area contributed by atoms with Gasteiger partial charge < -0.3 is 0 Å². The van der Waals surface area contributed by atoms with Crippen LogP contribution in [0.15, 0.2) is 55.1 Å². The van der Waals surface area contributed by atoms with Gasteiger partial charge in [0.2, 0.25) is 0 Å². The van der Waals surface area contributed by atoms with Crippen molar-refractivity contribution in [1.29, 1.82) is 0 Å². The van der Waals surface area contributed by atoms with Gasteiger partial charge >= 0.3 is 0 Å². The highest BCUT2D eigenvalue weighted by molar-refractivity contribution is 5.79. The summed E-state index contributed by atoms with van der Waals surface area (Å²) < 4.78 is 1.84. The second kappa shape index (κ2) is 3.53. The van der Waals surface area contributed by atoms with E-state index in [2.05, 4.69) is 52.5 Å². The molecule has 0 fully saturated rings. The van der Waals surface area contributed by atoms with Gasteiger partial charge in [0.25, 0.3) is 0 Å². The van der Waals surface area contributed by atoms with Gasteiger partial charge in [-0.15, -0.1) is 0 Å². The molecule has 2 aromatic carbocycles. The molecule has 1 aliphatic carbocycles. The largest absolute Gasteiger partial charge is 0.223 e. The summed E-state index contributed by atoms with van der Waals surface area (Å²) >= 11 is 0. The van der Waals surface area contributed by atoms with Crippen LogP contribution in [0, 0.1) is 0 Å². The molecule has 3 nitrogen and oxygen atoms in total. The summed E-state index contributed by atoms with van der Waals surface area (Å²) in [6.45, 7) is 0. The monoisotopic (exact) mass is 233 g/mol. The summed E-state index contributed by atoms with van der Waals surface area (Å²) in [7, 11) is 0.